The third kappa shape index (κ3) is 4.49. The van der Waals surface area contributed by atoms with Gasteiger partial charge in [-0.25, -0.2) is 0 Å². The molecule has 5 heteroatoms. The van der Waals surface area contributed by atoms with E-state index in [-0.39, 0.29) is 36.6 Å². The van der Waals surface area contributed by atoms with Crippen molar-refractivity contribution in [2.75, 3.05) is 13.1 Å². The molecule has 2 aromatic carbocycles. The summed E-state index contributed by atoms with van der Waals surface area (Å²) in [6, 6.07) is 19.5. The van der Waals surface area contributed by atoms with Crippen LogP contribution in [0.25, 0.3) is 10.9 Å². The van der Waals surface area contributed by atoms with Gasteiger partial charge in [-0.1, -0.05) is 55.0 Å². The van der Waals surface area contributed by atoms with Crippen LogP contribution in [0.1, 0.15) is 41.2 Å². The molecular formula is C22H24Cl2N2O. The number of fused-ring (bicyclic) bond motifs is 1. The number of hydrogen-bond donors (Lipinski definition) is 0. The molecular weight excluding hydrogens is 379 g/mol. The molecule has 27 heavy (non-hydrogen) atoms. The molecule has 3 aromatic rings. The zero-order chi connectivity index (χ0) is 17.1. The second-order valence-electron chi connectivity index (χ2n) is 6.65. The van der Waals surface area contributed by atoms with Crippen LogP contribution in [0.3, 0.4) is 0 Å². The Bertz CT molecular complexity index is 874. The van der Waals surface area contributed by atoms with Crippen molar-refractivity contribution in [2.45, 2.75) is 25.3 Å². The minimum Gasteiger partial charge on any atom is -0.292 e. The van der Waals surface area contributed by atoms with Crippen molar-refractivity contribution in [3.63, 3.8) is 0 Å². The van der Waals surface area contributed by atoms with Gasteiger partial charge in [0.25, 0.3) is 0 Å². The molecule has 0 amide bonds. The zero-order valence-electron chi connectivity index (χ0n) is 15.1. The summed E-state index contributed by atoms with van der Waals surface area (Å²) in [5.41, 5.74) is 2.79. The highest BCUT2D eigenvalue weighted by Crippen LogP contribution is 2.32. The summed E-state index contributed by atoms with van der Waals surface area (Å²) in [6.45, 7) is 1.94. The minimum absolute atomic E-state index is 0. The molecule has 0 bridgehead atoms. The van der Waals surface area contributed by atoms with Crippen molar-refractivity contribution in [3.8, 4) is 0 Å². The number of piperidine rings is 1. The van der Waals surface area contributed by atoms with Crippen molar-refractivity contribution >= 4 is 41.5 Å². The van der Waals surface area contributed by atoms with Crippen LogP contribution in [-0.4, -0.2) is 28.8 Å². The van der Waals surface area contributed by atoms with Gasteiger partial charge in [0.15, 0.2) is 5.78 Å². The van der Waals surface area contributed by atoms with Crippen molar-refractivity contribution in [2.24, 2.45) is 0 Å². The Hall–Kier alpha value is -1.94. The number of halogens is 2. The number of pyridine rings is 1. The Morgan fingerprint density at radius 3 is 2.26 bits per heavy atom. The van der Waals surface area contributed by atoms with E-state index in [2.05, 4.69) is 16.0 Å². The number of carbonyl (C=O) groups excluding carboxylic acids is 1. The number of para-hydroxylation sites is 1. The summed E-state index contributed by atoms with van der Waals surface area (Å²) in [7, 11) is 0. The molecule has 0 N–H and O–H groups in total. The topological polar surface area (TPSA) is 33.2 Å². The normalized spacial score (nSPS) is 15.4. The fourth-order valence-corrected chi connectivity index (χ4v) is 3.80. The van der Waals surface area contributed by atoms with Gasteiger partial charge in [0.1, 0.15) is 0 Å². The van der Waals surface area contributed by atoms with Crippen LogP contribution in [0.15, 0.2) is 66.9 Å². The lowest BCUT2D eigenvalue weighted by atomic mass is 9.92. The first-order chi connectivity index (χ1) is 12.3. The largest absolute Gasteiger partial charge is 0.292 e. The van der Waals surface area contributed by atoms with Gasteiger partial charge >= 0.3 is 0 Å². The summed E-state index contributed by atoms with van der Waals surface area (Å²) in [6.07, 6.45) is 5.38. The van der Waals surface area contributed by atoms with Gasteiger partial charge in [0, 0.05) is 17.1 Å². The molecule has 4 rings (SSSR count). The molecule has 0 spiro atoms. The second-order valence-corrected chi connectivity index (χ2v) is 6.65. The number of hydrogen-bond acceptors (Lipinski definition) is 3. The standard InChI is InChI=1S/C22H22N2O.2ClH/c25-22(17-9-3-1-4-10-17)21(24-15-7-2-8-16-24)19-13-14-23-20-12-6-5-11-18(19)20;;/h1,3-6,9-14,21H,2,7-8,15-16H2;2*1H. The van der Waals surface area contributed by atoms with E-state index < -0.39 is 0 Å². The Kier molecular flexibility index (Phi) is 7.78. The molecule has 0 radical (unpaired) electrons. The molecule has 2 heterocycles. The van der Waals surface area contributed by atoms with Gasteiger partial charge in [-0.2, -0.15) is 0 Å². The van der Waals surface area contributed by atoms with Crippen LogP contribution in [-0.2, 0) is 0 Å². The molecule has 1 aliphatic rings. The van der Waals surface area contributed by atoms with E-state index in [9.17, 15) is 4.79 Å². The number of Topliss-reactive ketones (excluding diaryl/α,β-unsaturated/α-hetero) is 1. The van der Waals surface area contributed by atoms with E-state index >= 15 is 0 Å². The summed E-state index contributed by atoms with van der Waals surface area (Å²) < 4.78 is 0. The maximum Gasteiger partial charge on any atom is 0.184 e. The number of nitrogens with zero attached hydrogens (tertiary/aromatic N) is 2. The predicted octanol–water partition coefficient (Wildman–Crippen LogP) is 5.49. The Balaban J connectivity index is 0.00000131. The Morgan fingerprint density at radius 2 is 1.52 bits per heavy atom. The first-order valence-corrected chi connectivity index (χ1v) is 9.01. The quantitative estimate of drug-likeness (QED) is 0.541. The van der Waals surface area contributed by atoms with Crippen LogP contribution in [0, 0.1) is 0 Å². The molecule has 3 nitrogen and oxygen atoms in total. The first kappa shape index (κ1) is 21.4. The molecule has 1 aromatic heterocycles. The number of benzene rings is 2. The molecule has 0 saturated carbocycles. The maximum atomic E-state index is 13.4. The Labute approximate surface area is 172 Å². The SMILES string of the molecule is Cl.Cl.O=C(c1ccccc1)C(c1ccnc2ccccc12)N1CCCCC1. The highest BCUT2D eigenvalue weighted by Gasteiger charge is 2.30. The molecule has 1 aliphatic heterocycles. The van der Waals surface area contributed by atoms with Gasteiger partial charge in [-0.15, -0.1) is 24.8 Å². The fourth-order valence-electron chi connectivity index (χ4n) is 3.80. The summed E-state index contributed by atoms with van der Waals surface area (Å²) in [4.78, 5) is 20.2. The van der Waals surface area contributed by atoms with Gasteiger partial charge < -0.3 is 0 Å². The fraction of sp³-hybridized carbons (Fsp3) is 0.273. The van der Waals surface area contributed by atoms with E-state index in [1.807, 2.05) is 60.8 Å². The summed E-state index contributed by atoms with van der Waals surface area (Å²) in [5, 5.41) is 1.07. The highest BCUT2D eigenvalue weighted by molar-refractivity contribution is 6.02. The van der Waals surface area contributed by atoms with E-state index in [4.69, 9.17) is 0 Å². The summed E-state index contributed by atoms with van der Waals surface area (Å²) >= 11 is 0. The average molecular weight is 403 g/mol. The van der Waals surface area contributed by atoms with E-state index in [1.54, 1.807) is 0 Å². The van der Waals surface area contributed by atoms with Crippen LogP contribution in [0.5, 0.6) is 0 Å². The van der Waals surface area contributed by atoms with Gasteiger partial charge in [0.05, 0.1) is 11.6 Å². The number of aromatic nitrogens is 1. The number of likely N-dealkylation sites (tertiary alicyclic amines) is 1. The molecule has 1 saturated heterocycles. The third-order valence-electron chi connectivity index (χ3n) is 5.04. The predicted molar refractivity (Wildman–Crippen MR) is 115 cm³/mol. The van der Waals surface area contributed by atoms with Crippen molar-refractivity contribution in [1.29, 1.82) is 0 Å². The lowest BCUT2D eigenvalue weighted by Crippen LogP contribution is -2.38. The number of ketones is 1. The van der Waals surface area contributed by atoms with Crippen LogP contribution >= 0.6 is 24.8 Å². The van der Waals surface area contributed by atoms with Gasteiger partial charge in [-0.3, -0.25) is 14.7 Å². The van der Waals surface area contributed by atoms with Crippen molar-refractivity contribution < 1.29 is 4.79 Å². The van der Waals surface area contributed by atoms with Gasteiger partial charge in [-0.05, 0) is 43.6 Å². The lowest BCUT2D eigenvalue weighted by molar-refractivity contribution is 0.0784. The maximum absolute atomic E-state index is 13.4. The number of carbonyl (C=O) groups is 1. The third-order valence-corrected chi connectivity index (χ3v) is 5.04. The van der Waals surface area contributed by atoms with E-state index in [1.165, 1.54) is 6.42 Å². The smallest absolute Gasteiger partial charge is 0.184 e. The lowest BCUT2D eigenvalue weighted by Gasteiger charge is -2.34. The first-order valence-electron chi connectivity index (χ1n) is 9.01. The van der Waals surface area contributed by atoms with Crippen molar-refractivity contribution in [1.82, 2.24) is 9.88 Å². The summed E-state index contributed by atoms with van der Waals surface area (Å²) in [5.74, 6) is 0.179. The average Bonchev–Trinajstić information content (AvgIpc) is 2.70. The van der Waals surface area contributed by atoms with Gasteiger partial charge in [0.2, 0.25) is 0 Å². The number of rotatable bonds is 4. The van der Waals surface area contributed by atoms with E-state index in [0.29, 0.717) is 0 Å². The van der Waals surface area contributed by atoms with Crippen LogP contribution in [0.4, 0.5) is 0 Å². The van der Waals surface area contributed by atoms with Crippen LogP contribution < -0.4 is 0 Å². The molecule has 142 valence electrons. The minimum atomic E-state index is -0.240. The second kappa shape index (κ2) is 9.84. The molecule has 0 aliphatic carbocycles. The molecule has 1 fully saturated rings. The van der Waals surface area contributed by atoms with E-state index in [0.717, 1.165) is 48.0 Å². The monoisotopic (exact) mass is 402 g/mol. The van der Waals surface area contributed by atoms with Crippen molar-refractivity contribution in [3.05, 3.63) is 78.0 Å². The molecule has 1 unspecified atom stereocenters. The van der Waals surface area contributed by atoms with Crippen LogP contribution in [0.2, 0.25) is 0 Å². The highest BCUT2D eigenvalue weighted by atomic mass is 35.5. The zero-order valence-corrected chi connectivity index (χ0v) is 16.7. The Morgan fingerprint density at radius 1 is 0.852 bits per heavy atom. The molecule has 1 atom stereocenters.